The van der Waals surface area contributed by atoms with Crippen LogP contribution in [-0.4, -0.2) is 49.4 Å². The van der Waals surface area contributed by atoms with Gasteiger partial charge >= 0.3 is 0 Å². The van der Waals surface area contributed by atoms with Crippen LogP contribution >= 0.6 is 11.6 Å². The number of hydrogen-bond acceptors (Lipinski definition) is 6. The third-order valence-electron chi connectivity index (χ3n) is 4.98. The average Bonchev–Trinajstić information content (AvgIpc) is 2.77. The summed E-state index contributed by atoms with van der Waals surface area (Å²) in [6.07, 6.45) is 0.691. The van der Waals surface area contributed by atoms with Crippen LogP contribution in [0.2, 0.25) is 5.02 Å². The van der Waals surface area contributed by atoms with Crippen LogP contribution in [-0.2, 0) is 26.2 Å². The fourth-order valence-corrected chi connectivity index (χ4v) is 4.80. The highest BCUT2D eigenvalue weighted by atomic mass is 35.5. The fourth-order valence-electron chi connectivity index (χ4n) is 3.23. The maximum absolute atomic E-state index is 12.8. The van der Waals surface area contributed by atoms with Crippen molar-refractivity contribution < 1.29 is 23.1 Å². The van der Waals surface area contributed by atoms with Gasteiger partial charge in [-0.15, -0.1) is 0 Å². The lowest BCUT2D eigenvalue weighted by Gasteiger charge is -2.22. The number of carbonyl (C=O) groups excluding carboxylic acids is 2. The highest BCUT2D eigenvalue weighted by molar-refractivity contribution is 7.90. The number of unbranched alkanes of at least 4 members (excludes halogenated alkanes) is 1. The minimum atomic E-state index is -4.24. The molecule has 0 bridgehead atoms. The van der Waals surface area contributed by atoms with Gasteiger partial charge < -0.3 is 15.7 Å². The Bertz CT molecular complexity index is 1090. The van der Waals surface area contributed by atoms with E-state index < -0.39 is 22.0 Å². The fraction of sp³-hybridized carbons (Fsp3) is 0.391. The number of aliphatic hydroxyl groups is 1. The van der Waals surface area contributed by atoms with Gasteiger partial charge in [0, 0.05) is 42.2 Å². The smallest absolute Gasteiger partial charge is 0.264 e. The molecule has 0 aromatic heterocycles. The molecule has 8 nitrogen and oxygen atoms in total. The topological polar surface area (TPSA) is 130 Å². The summed E-state index contributed by atoms with van der Waals surface area (Å²) in [5.41, 5.74) is 7.21. The van der Waals surface area contributed by atoms with Crippen molar-refractivity contribution in [3.8, 4) is 11.1 Å². The summed E-state index contributed by atoms with van der Waals surface area (Å²) in [4.78, 5) is 25.8. The highest BCUT2D eigenvalue weighted by Gasteiger charge is 2.24. The van der Waals surface area contributed by atoms with E-state index in [4.69, 9.17) is 17.3 Å². The zero-order valence-corrected chi connectivity index (χ0v) is 20.3. The SMILES string of the molecule is CCCCC(=O)N(CCN)Cc1ccc(-c2ccccc2S(=O)(=O)NC(=O)[C@H](C)O)c(Cl)c1. The molecule has 0 saturated heterocycles. The lowest BCUT2D eigenvalue weighted by molar-refractivity contribution is -0.131. The van der Waals surface area contributed by atoms with E-state index in [9.17, 15) is 23.1 Å². The van der Waals surface area contributed by atoms with Gasteiger partial charge in [0.15, 0.2) is 0 Å². The standard InChI is InChI=1S/C23H30ClN3O5S/c1-3-4-9-22(29)27(13-12-25)15-17-10-11-18(20(24)14-17)19-7-5-6-8-21(19)33(31,32)26-23(30)16(2)28/h5-8,10-11,14,16,28H,3-4,9,12-13,15,25H2,1-2H3,(H,26,30)/t16-/m0/s1. The molecule has 0 radical (unpaired) electrons. The van der Waals surface area contributed by atoms with Gasteiger partial charge in [-0.3, -0.25) is 9.59 Å². The summed E-state index contributed by atoms with van der Waals surface area (Å²) in [7, 11) is -4.24. The van der Waals surface area contributed by atoms with Gasteiger partial charge in [-0.1, -0.05) is 55.3 Å². The molecule has 10 heteroatoms. The molecule has 0 fully saturated rings. The lowest BCUT2D eigenvalue weighted by atomic mass is 10.0. The highest BCUT2D eigenvalue weighted by Crippen LogP contribution is 2.33. The maximum Gasteiger partial charge on any atom is 0.264 e. The molecule has 0 spiro atoms. The van der Waals surface area contributed by atoms with Crippen molar-refractivity contribution in [1.82, 2.24) is 9.62 Å². The second-order valence-corrected chi connectivity index (χ2v) is 9.72. The zero-order chi connectivity index (χ0) is 24.6. The minimum absolute atomic E-state index is 0.0211. The number of aliphatic hydroxyl groups excluding tert-OH is 1. The Morgan fingerprint density at radius 1 is 1.18 bits per heavy atom. The summed E-state index contributed by atoms with van der Waals surface area (Å²) in [6, 6.07) is 11.3. The van der Waals surface area contributed by atoms with Crippen molar-refractivity contribution in [3.63, 3.8) is 0 Å². The average molecular weight is 496 g/mol. The van der Waals surface area contributed by atoms with Gasteiger partial charge in [-0.25, -0.2) is 13.1 Å². The van der Waals surface area contributed by atoms with Gasteiger partial charge in [-0.2, -0.15) is 0 Å². The van der Waals surface area contributed by atoms with Crippen LogP contribution in [0.1, 0.15) is 38.7 Å². The number of nitrogens with two attached hydrogens (primary N) is 1. The van der Waals surface area contributed by atoms with Gasteiger partial charge in [0.05, 0.1) is 4.90 Å². The van der Waals surface area contributed by atoms with Crippen LogP contribution in [0.5, 0.6) is 0 Å². The molecular weight excluding hydrogens is 466 g/mol. The van der Waals surface area contributed by atoms with Crippen LogP contribution in [0.4, 0.5) is 0 Å². The van der Waals surface area contributed by atoms with Gasteiger partial charge in [0.1, 0.15) is 6.10 Å². The number of benzene rings is 2. The first-order valence-electron chi connectivity index (χ1n) is 10.7. The van der Waals surface area contributed by atoms with E-state index in [1.54, 1.807) is 35.2 Å². The molecule has 2 rings (SSSR count). The summed E-state index contributed by atoms with van der Waals surface area (Å²) in [6.45, 7) is 4.30. The van der Waals surface area contributed by atoms with E-state index in [1.807, 2.05) is 11.6 Å². The van der Waals surface area contributed by atoms with Crippen LogP contribution in [0.15, 0.2) is 47.4 Å². The predicted molar refractivity (Wildman–Crippen MR) is 128 cm³/mol. The zero-order valence-electron chi connectivity index (χ0n) is 18.8. The molecule has 1 atom stereocenters. The van der Waals surface area contributed by atoms with Crippen LogP contribution < -0.4 is 10.5 Å². The van der Waals surface area contributed by atoms with E-state index in [1.165, 1.54) is 19.1 Å². The van der Waals surface area contributed by atoms with Crippen LogP contribution in [0, 0.1) is 0 Å². The van der Waals surface area contributed by atoms with E-state index in [0.29, 0.717) is 42.2 Å². The lowest BCUT2D eigenvalue weighted by Crippen LogP contribution is -2.37. The Morgan fingerprint density at radius 3 is 2.48 bits per heavy atom. The van der Waals surface area contributed by atoms with Crippen molar-refractivity contribution >= 4 is 33.4 Å². The Kier molecular flexibility index (Phi) is 9.85. The molecule has 0 heterocycles. The first-order valence-corrected chi connectivity index (χ1v) is 12.6. The van der Waals surface area contributed by atoms with E-state index >= 15 is 0 Å². The van der Waals surface area contributed by atoms with Gasteiger partial charge in [-0.05, 0) is 31.0 Å². The minimum Gasteiger partial charge on any atom is -0.384 e. The quantitative estimate of drug-likeness (QED) is 0.439. The van der Waals surface area contributed by atoms with Crippen LogP contribution in [0.25, 0.3) is 11.1 Å². The maximum atomic E-state index is 12.8. The predicted octanol–water partition coefficient (Wildman–Crippen LogP) is 2.67. The molecule has 2 amide bonds. The largest absolute Gasteiger partial charge is 0.384 e. The van der Waals surface area contributed by atoms with Crippen molar-refractivity contribution in [2.24, 2.45) is 5.73 Å². The molecule has 0 aliphatic heterocycles. The third-order valence-corrected chi connectivity index (χ3v) is 6.70. The summed E-state index contributed by atoms with van der Waals surface area (Å²) >= 11 is 6.52. The Hall–Kier alpha value is -2.46. The number of nitrogens with zero attached hydrogens (tertiary/aromatic N) is 1. The van der Waals surface area contributed by atoms with Crippen molar-refractivity contribution in [2.75, 3.05) is 13.1 Å². The number of nitrogens with one attached hydrogen (secondary N) is 1. The van der Waals surface area contributed by atoms with E-state index in [2.05, 4.69) is 0 Å². The number of amides is 2. The number of hydrogen-bond donors (Lipinski definition) is 3. The molecule has 33 heavy (non-hydrogen) atoms. The summed E-state index contributed by atoms with van der Waals surface area (Å²) in [5, 5.41) is 9.65. The Labute approximate surface area is 199 Å². The van der Waals surface area contributed by atoms with Crippen molar-refractivity contribution in [1.29, 1.82) is 0 Å². The third kappa shape index (κ3) is 7.26. The molecule has 4 N–H and O–H groups in total. The first-order chi connectivity index (χ1) is 15.6. The van der Waals surface area contributed by atoms with Crippen molar-refractivity contribution in [3.05, 3.63) is 53.1 Å². The number of sulfonamides is 1. The monoisotopic (exact) mass is 495 g/mol. The number of rotatable bonds is 11. The number of carbonyl (C=O) groups is 2. The first kappa shape index (κ1) is 26.8. The van der Waals surface area contributed by atoms with E-state index in [-0.39, 0.29) is 10.8 Å². The van der Waals surface area contributed by atoms with E-state index in [0.717, 1.165) is 18.4 Å². The normalized spacial score (nSPS) is 12.3. The Balaban J connectivity index is 2.35. The molecule has 0 aliphatic carbocycles. The molecule has 180 valence electrons. The summed E-state index contributed by atoms with van der Waals surface area (Å²) < 4.78 is 27.4. The second-order valence-electron chi connectivity index (χ2n) is 7.66. The summed E-state index contributed by atoms with van der Waals surface area (Å²) in [5.74, 6) is -1.01. The van der Waals surface area contributed by atoms with Gasteiger partial charge in [0.2, 0.25) is 5.91 Å². The molecular formula is C23H30ClN3O5S. The van der Waals surface area contributed by atoms with Crippen LogP contribution in [0.3, 0.4) is 0 Å². The van der Waals surface area contributed by atoms with Crippen molar-refractivity contribution in [2.45, 2.75) is 50.7 Å². The Morgan fingerprint density at radius 2 is 1.88 bits per heavy atom. The molecule has 2 aromatic carbocycles. The molecule has 0 saturated carbocycles. The van der Waals surface area contributed by atoms with Gasteiger partial charge in [0.25, 0.3) is 15.9 Å². The number of halogens is 1. The second kappa shape index (κ2) is 12.1. The molecule has 2 aromatic rings. The molecule has 0 aliphatic rings. The molecule has 0 unspecified atom stereocenters.